The monoisotopic (exact) mass is 643 g/mol. The minimum absolute atomic E-state index is 0.0638. The van der Waals surface area contributed by atoms with Crippen LogP contribution in [0.1, 0.15) is 12.5 Å². The fourth-order valence-electron chi connectivity index (χ4n) is 4.66. The molecule has 4 aromatic carbocycles. The van der Waals surface area contributed by atoms with Crippen LogP contribution in [0.15, 0.2) is 94.3 Å². The van der Waals surface area contributed by atoms with Crippen LogP contribution in [-0.2, 0) is 27.9 Å². The summed E-state index contributed by atoms with van der Waals surface area (Å²) in [6, 6.07) is 25.0. The molecule has 0 aliphatic heterocycles. The van der Waals surface area contributed by atoms with Crippen molar-refractivity contribution in [2.24, 2.45) is 0 Å². The fourth-order valence-corrected chi connectivity index (χ4v) is 6.63. The van der Waals surface area contributed by atoms with Crippen LogP contribution in [0, 0.1) is 0 Å². The molecule has 1 N–H and O–H groups in total. The Morgan fingerprint density at radius 3 is 2.33 bits per heavy atom. The molecular formula is C29H24BrCl2N3O3S. The third kappa shape index (κ3) is 5.71. The number of amides is 1. The molecule has 0 bridgehead atoms. The molecule has 0 spiro atoms. The fraction of sp³-hybridized carbons (Fsp3) is 0.138. The lowest BCUT2D eigenvalue weighted by atomic mass is 10.1. The van der Waals surface area contributed by atoms with Crippen molar-refractivity contribution in [2.75, 3.05) is 11.9 Å². The third-order valence-corrected chi connectivity index (χ3v) is 9.56. The number of anilines is 1. The van der Waals surface area contributed by atoms with Crippen molar-refractivity contribution in [3.05, 3.63) is 105 Å². The SMILES string of the molecule is CCn1c2ccccc2c2cc(NC(=O)CN(Cc3ccc(Cl)c(Cl)c3)S(=O)(=O)c3ccc(Br)cc3)ccc21. The summed E-state index contributed by atoms with van der Waals surface area (Å²) in [6.45, 7) is 2.45. The van der Waals surface area contributed by atoms with Gasteiger partial charge < -0.3 is 9.88 Å². The maximum Gasteiger partial charge on any atom is 0.243 e. The summed E-state index contributed by atoms with van der Waals surface area (Å²) < 4.78 is 31.3. The van der Waals surface area contributed by atoms with Gasteiger partial charge in [0.05, 0.1) is 21.5 Å². The first-order valence-corrected chi connectivity index (χ1v) is 15.2. The van der Waals surface area contributed by atoms with Crippen LogP contribution in [0.4, 0.5) is 5.69 Å². The lowest BCUT2D eigenvalue weighted by Crippen LogP contribution is -2.37. The number of nitrogens with zero attached hydrogens (tertiary/aromatic N) is 2. The summed E-state index contributed by atoms with van der Waals surface area (Å²) in [5.41, 5.74) is 3.37. The van der Waals surface area contributed by atoms with Gasteiger partial charge >= 0.3 is 0 Å². The van der Waals surface area contributed by atoms with Gasteiger partial charge in [-0.15, -0.1) is 0 Å². The highest BCUT2D eigenvalue weighted by Gasteiger charge is 2.27. The first-order valence-electron chi connectivity index (χ1n) is 12.2. The first kappa shape index (κ1) is 27.7. The normalized spacial score (nSPS) is 11.9. The molecule has 0 radical (unpaired) electrons. The summed E-state index contributed by atoms with van der Waals surface area (Å²) in [5, 5.41) is 5.65. The van der Waals surface area contributed by atoms with E-state index in [1.54, 1.807) is 30.3 Å². The number of benzene rings is 4. The van der Waals surface area contributed by atoms with E-state index in [1.165, 1.54) is 12.1 Å². The van der Waals surface area contributed by atoms with Gasteiger partial charge in [0.1, 0.15) is 0 Å². The summed E-state index contributed by atoms with van der Waals surface area (Å²) in [6.07, 6.45) is 0. The molecule has 0 fully saturated rings. The Labute approximate surface area is 245 Å². The largest absolute Gasteiger partial charge is 0.341 e. The van der Waals surface area contributed by atoms with Crippen molar-refractivity contribution in [2.45, 2.75) is 24.9 Å². The maximum absolute atomic E-state index is 13.6. The van der Waals surface area contributed by atoms with E-state index in [9.17, 15) is 13.2 Å². The van der Waals surface area contributed by atoms with Crippen LogP contribution < -0.4 is 5.32 Å². The molecule has 0 aliphatic carbocycles. The summed E-state index contributed by atoms with van der Waals surface area (Å²) >= 11 is 15.6. The quantitative estimate of drug-likeness (QED) is 0.188. The highest BCUT2D eigenvalue weighted by atomic mass is 79.9. The van der Waals surface area contributed by atoms with Gasteiger partial charge in [-0.05, 0) is 73.2 Å². The van der Waals surface area contributed by atoms with Crippen molar-refractivity contribution in [1.29, 1.82) is 0 Å². The van der Waals surface area contributed by atoms with Crippen LogP contribution in [-0.4, -0.2) is 29.7 Å². The summed E-state index contributed by atoms with van der Waals surface area (Å²) in [7, 11) is -4.02. The van der Waals surface area contributed by atoms with Crippen molar-refractivity contribution in [1.82, 2.24) is 8.87 Å². The first-order chi connectivity index (χ1) is 18.7. The van der Waals surface area contributed by atoms with Crippen LogP contribution in [0.25, 0.3) is 21.8 Å². The second-order valence-electron chi connectivity index (χ2n) is 9.02. The molecule has 0 aliphatic rings. The van der Waals surface area contributed by atoms with Crippen LogP contribution in [0.2, 0.25) is 10.0 Å². The van der Waals surface area contributed by atoms with E-state index in [-0.39, 0.29) is 11.4 Å². The average Bonchev–Trinajstić information content (AvgIpc) is 3.23. The Bertz CT molecular complexity index is 1800. The van der Waals surface area contributed by atoms with E-state index in [2.05, 4.69) is 44.9 Å². The molecule has 0 atom stereocenters. The third-order valence-electron chi connectivity index (χ3n) is 6.49. The van der Waals surface area contributed by atoms with Gasteiger partial charge in [0.25, 0.3) is 0 Å². The van der Waals surface area contributed by atoms with Crippen molar-refractivity contribution >= 4 is 82.6 Å². The zero-order valence-corrected chi connectivity index (χ0v) is 24.8. The van der Waals surface area contributed by atoms with Gasteiger partial charge in [-0.1, -0.05) is 63.4 Å². The van der Waals surface area contributed by atoms with E-state index in [1.807, 2.05) is 30.3 Å². The number of fused-ring (bicyclic) bond motifs is 3. The van der Waals surface area contributed by atoms with Gasteiger partial charge in [-0.3, -0.25) is 4.79 Å². The molecule has 1 amide bonds. The Morgan fingerprint density at radius 2 is 1.62 bits per heavy atom. The molecule has 10 heteroatoms. The molecule has 0 saturated heterocycles. The van der Waals surface area contributed by atoms with Gasteiger partial charge in [-0.2, -0.15) is 4.31 Å². The number of nitrogens with one attached hydrogen (secondary N) is 1. The summed E-state index contributed by atoms with van der Waals surface area (Å²) in [4.78, 5) is 13.3. The number of carbonyl (C=O) groups is 1. The Morgan fingerprint density at radius 1 is 0.897 bits per heavy atom. The van der Waals surface area contributed by atoms with Crippen molar-refractivity contribution < 1.29 is 13.2 Å². The number of hydrogen-bond acceptors (Lipinski definition) is 3. The second kappa shape index (κ2) is 11.3. The number of para-hydroxylation sites is 1. The van der Waals surface area contributed by atoms with Gasteiger partial charge in [0, 0.05) is 45.1 Å². The van der Waals surface area contributed by atoms with E-state index in [0.717, 1.165) is 37.1 Å². The number of sulfonamides is 1. The predicted octanol–water partition coefficient (Wildman–Crippen LogP) is 7.71. The molecule has 1 aromatic heterocycles. The maximum atomic E-state index is 13.6. The number of aromatic nitrogens is 1. The average molecular weight is 645 g/mol. The molecular weight excluding hydrogens is 621 g/mol. The van der Waals surface area contributed by atoms with Crippen LogP contribution in [0.5, 0.6) is 0 Å². The highest BCUT2D eigenvalue weighted by Crippen LogP contribution is 2.31. The standard InChI is InChI=1S/C29H24BrCl2N3O3S/c1-2-35-27-6-4-3-5-23(27)24-16-21(10-14-28(24)35)33-29(36)18-34(17-19-7-13-25(31)26(32)15-19)39(37,38)22-11-8-20(30)9-12-22/h3-16H,2,17-18H2,1H3,(H,33,36). The van der Waals surface area contributed by atoms with E-state index in [4.69, 9.17) is 23.2 Å². The molecule has 0 saturated carbocycles. The smallest absolute Gasteiger partial charge is 0.243 e. The van der Waals surface area contributed by atoms with E-state index < -0.39 is 22.5 Å². The number of carbonyl (C=O) groups excluding carboxylic acids is 1. The Hall–Kier alpha value is -2.88. The van der Waals surface area contributed by atoms with Crippen LogP contribution >= 0.6 is 39.1 Å². The molecule has 1 heterocycles. The summed E-state index contributed by atoms with van der Waals surface area (Å²) in [5.74, 6) is -0.464. The van der Waals surface area contributed by atoms with Crippen LogP contribution in [0.3, 0.4) is 0 Å². The molecule has 0 unspecified atom stereocenters. The lowest BCUT2D eigenvalue weighted by Gasteiger charge is -2.22. The minimum atomic E-state index is -4.02. The minimum Gasteiger partial charge on any atom is -0.341 e. The molecule has 39 heavy (non-hydrogen) atoms. The Kier molecular flexibility index (Phi) is 8.03. The van der Waals surface area contributed by atoms with E-state index >= 15 is 0 Å². The van der Waals surface area contributed by atoms with Gasteiger partial charge in [0.2, 0.25) is 15.9 Å². The Balaban J connectivity index is 1.45. The van der Waals surface area contributed by atoms with Crippen molar-refractivity contribution in [3.63, 3.8) is 0 Å². The highest BCUT2D eigenvalue weighted by molar-refractivity contribution is 9.10. The zero-order valence-electron chi connectivity index (χ0n) is 20.9. The number of halogens is 3. The molecule has 6 nitrogen and oxygen atoms in total. The topological polar surface area (TPSA) is 71.4 Å². The number of aryl methyl sites for hydroxylation is 1. The van der Waals surface area contributed by atoms with Crippen molar-refractivity contribution in [3.8, 4) is 0 Å². The zero-order chi connectivity index (χ0) is 27.7. The number of hydrogen-bond donors (Lipinski definition) is 1. The number of rotatable bonds is 8. The second-order valence-corrected chi connectivity index (χ2v) is 12.7. The van der Waals surface area contributed by atoms with Gasteiger partial charge in [-0.25, -0.2) is 8.42 Å². The van der Waals surface area contributed by atoms with Gasteiger partial charge in [0.15, 0.2) is 0 Å². The van der Waals surface area contributed by atoms with E-state index in [0.29, 0.717) is 21.3 Å². The molecule has 5 rings (SSSR count). The molecule has 200 valence electrons. The lowest BCUT2D eigenvalue weighted by molar-refractivity contribution is -0.116. The molecule has 5 aromatic rings. The predicted molar refractivity (Wildman–Crippen MR) is 162 cm³/mol.